The second kappa shape index (κ2) is 9.95. The molecule has 2 nitrogen and oxygen atoms in total. The van der Waals surface area contributed by atoms with E-state index in [1.807, 2.05) is 0 Å². The molecule has 0 fully saturated rings. The monoisotopic (exact) mass is 277 g/mol. The Bertz CT molecular complexity index is 376. The van der Waals surface area contributed by atoms with Crippen LogP contribution >= 0.6 is 0 Å². The molecule has 0 aliphatic rings. The van der Waals surface area contributed by atoms with E-state index in [0.29, 0.717) is 6.04 Å². The topological polar surface area (TPSA) is 21.3 Å². The van der Waals surface area contributed by atoms with E-state index in [-0.39, 0.29) is 0 Å². The molecule has 0 saturated heterocycles. The highest BCUT2D eigenvalue weighted by Gasteiger charge is 2.13. The lowest BCUT2D eigenvalue weighted by molar-refractivity contribution is 0.108. The minimum absolute atomic E-state index is 0.311. The largest absolute Gasteiger partial charge is 0.379 e. The third-order valence-corrected chi connectivity index (χ3v) is 3.69. The third-order valence-electron chi connectivity index (χ3n) is 3.69. The average molecular weight is 277 g/mol. The van der Waals surface area contributed by atoms with Gasteiger partial charge in [-0.3, -0.25) is 0 Å². The van der Waals surface area contributed by atoms with Crippen LogP contribution in [0.2, 0.25) is 0 Å². The lowest BCUT2D eigenvalue weighted by Crippen LogP contribution is -2.26. The molecule has 0 aliphatic heterocycles. The number of rotatable bonds is 10. The number of nitrogens with one attached hydrogen (secondary N) is 1. The Morgan fingerprint density at radius 3 is 2.60 bits per heavy atom. The Balaban J connectivity index is 2.49. The highest BCUT2D eigenvalue weighted by Crippen LogP contribution is 2.20. The number of likely N-dealkylation sites (N-methyl/N-ethyl adjacent to an activating group) is 1. The summed E-state index contributed by atoms with van der Waals surface area (Å²) in [6.45, 7) is 11.3. The number of unbranched alkanes of at least 4 members (excludes halogenated alkanes) is 3. The van der Waals surface area contributed by atoms with Gasteiger partial charge in [-0.25, -0.2) is 0 Å². The molecule has 0 heterocycles. The van der Waals surface area contributed by atoms with Crippen molar-refractivity contribution < 1.29 is 4.74 Å². The number of hydrogen-bond donors (Lipinski definition) is 1. The Hall–Kier alpha value is -0.860. The number of ether oxygens (including phenoxy) is 1. The fraction of sp³-hybridized carbons (Fsp3) is 0.667. The first-order chi connectivity index (χ1) is 9.69. The van der Waals surface area contributed by atoms with Crippen molar-refractivity contribution in [2.45, 2.75) is 59.4 Å². The standard InChI is InChI=1S/C18H31NO/c1-5-7-8-9-12-20-14-18(19-6-2)17-13-15(3)10-11-16(17)4/h10-11,13,18-19H,5-9,12,14H2,1-4H3. The first kappa shape index (κ1) is 17.2. The van der Waals surface area contributed by atoms with E-state index in [2.05, 4.69) is 51.2 Å². The van der Waals surface area contributed by atoms with Crippen molar-refractivity contribution in [3.05, 3.63) is 34.9 Å². The molecule has 1 aromatic rings. The van der Waals surface area contributed by atoms with Crippen LogP contribution in [0.1, 0.15) is 62.3 Å². The SMILES string of the molecule is CCCCCCOCC(NCC)c1cc(C)ccc1C. The summed E-state index contributed by atoms with van der Waals surface area (Å²) in [6, 6.07) is 6.97. The second-order valence-corrected chi connectivity index (χ2v) is 5.61. The maximum atomic E-state index is 5.88. The van der Waals surface area contributed by atoms with Crippen LogP contribution in [0, 0.1) is 13.8 Å². The first-order valence-electron chi connectivity index (χ1n) is 8.07. The van der Waals surface area contributed by atoms with E-state index in [1.165, 1.54) is 42.4 Å². The molecule has 2 heteroatoms. The fourth-order valence-electron chi connectivity index (χ4n) is 2.47. The van der Waals surface area contributed by atoms with Gasteiger partial charge in [0.15, 0.2) is 0 Å². The summed E-state index contributed by atoms with van der Waals surface area (Å²) in [4.78, 5) is 0. The molecule has 20 heavy (non-hydrogen) atoms. The minimum atomic E-state index is 0.311. The summed E-state index contributed by atoms with van der Waals surface area (Å²) in [5, 5.41) is 3.54. The van der Waals surface area contributed by atoms with Gasteiger partial charge >= 0.3 is 0 Å². The van der Waals surface area contributed by atoms with Crippen LogP contribution in [0.4, 0.5) is 0 Å². The fourth-order valence-corrected chi connectivity index (χ4v) is 2.47. The van der Waals surface area contributed by atoms with Crippen molar-refractivity contribution in [1.29, 1.82) is 0 Å². The summed E-state index contributed by atoms with van der Waals surface area (Å²) in [6.07, 6.45) is 5.06. The van der Waals surface area contributed by atoms with Gasteiger partial charge in [0, 0.05) is 6.61 Å². The molecule has 0 amide bonds. The van der Waals surface area contributed by atoms with Gasteiger partial charge in [0.05, 0.1) is 12.6 Å². The van der Waals surface area contributed by atoms with Gasteiger partial charge in [-0.1, -0.05) is 56.9 Å². The predicted molar refractivity (Wildman–Crippen MR) is 87.3 cm³/mol. The van der Waals surface area contributed by atoms with E-state index in [0.717, 1.165) is 19.8 Å². The molecule has 0 aromatic heterocycles. The number of benzene rings is 1. The average Bonchev–Trinajstić information content (AvgIpc) is 2.44. The maximum absolute atomic E-state index is 5.88. The lowest BCUT2D eigenvalue weighted by atomic mass is 9.99. The lowest BCUT2D eigenvalue weighted by Gasteiger charge is -2.21. The zero-order valence-electron chi connectivity index (χ0n) is 13.7. The van der Waals surface area contributed by atoms with Gasteiger partial charge in [0.1, 0.15) is 0 Å². The molecule has 0 aliphatic carbocycles. The predicted octanol–water partition coefficient (Wildman–Crippen LogP) is 4.55. The summed E-state index contributed by atoms with van der Waals surface area (Å²) in [5.74, 6) is 0. The van der Waals surface area contributed by atoms with Crippen molar-refractivity contribution in [2.75, 3.05) is 19.8 Å². The zero-order chi connectivity index (χ0) is 14.8. The molecule has 0 radical (unpaired) electrons. The van der Waals surface area contributed by atoms with Crippen LogP contribution in [0.15, 0.2) is 18.2 Å². The summed E-state index contributed by atoms with van der Waals surface area (Å²) >= 11 is 0. The van der Waals surface area contributed by atoms with Crippen LogP contribution in [-0.4, -0.2) is 19.8 Å². The number of hydrogen-bond acceptors (Lipinski definition) is 2. The first-order valence-corrected chi connectivity index (χ1v) is 8.07. The molecule has 1 rings (SSSR count). The van der Waals surface area contributed by atoms with Gasteiger partial charge < -0.3 is 10.1 Å². The summed E-state index contributed by atoms with van der Waals surface area (Å²) in [7, 11) is 0. The molecular weight excluding hydrogens is 246 g/mol. The summed E-state index contributed by atoms with van der Waals surface area (Å²) in [5.41, 5.74) is 4.04. The second-order valence-electron chi connectivity index (χ2n) is 5.61. The zero-order valence-corrected chi connectivity index (χ0v) is 13.7. The molecule has 1 unspecified atom stereocenters. The highest BCUT2D eigenvalue weighted by molar-refractivity contribution is 5.33. The van der Waals surface area contributed by atoms with Crippen LogP contribution < -0.4 is 5.32 Å². The molecular formula is C18H31NO. The molecule has 1 atom stereocenters. The highest BCUT2D eigenvalue weighted by atomic mass is 16.5. The van der Waals surface area contributed by atoms with E-state index in [9.17, 15) is 0 Å². The van der Waals surface area contributed by atoms with Crippen molar-refractivity contribution >= 4 is 0 Å². The van der Waals surface area contributed by atoms with E-state index in [1.54, 1.807) is 0 Å². The van der Waals surface area contributed by atoms with Crippen LogP contribution in [0.25, 0.3) is 0 Å². The Labute approximate surface area is 124 Å². The molecule has 1 N–H and O–H groups in total. The van der Waals surface area contributed by atoms with Crippen molar-refractivity contribution in [3.8, 4) is 0 Å². The van der Waals surface area contributed by atoms with Crippen molar-refractivity contribution in [1.82, 2.24) is 5.32 Å². The Morgan fingerprint density at radius 2 is 1.90 bits per heavy atom. The minimum Gasteiger partial charge on any atom is -0.379 e. The van der Waals surface area contributed by atoms with E-state index in [4.69, 9.17) is 4.74 Å². The Kier molecular flexibility index (Phi) is 8.56. The van der Waals surface area contributed by atoms with Crippen LogP contribution in [0.3, 0.4) is 0 Å². The van der Waals surface area contributed by atoms with Crippen molar-refractivity contribution in [2.24, 2.45) is 0 Å². The normalized spacial score (nSPS) is 12.6. The van der Waals surface area contributed by atoms with Gasteiger partial charge in [-0.05, 0) is 37.9 Å². The Morgan fingerprint density at radius 1 is 1.10 bits per heavy atom. The van der Waals surface area contributed by atoms with Crippen LogP contribution in [0.5, 0.6) is 0 Å². The smallest absolute Gasteiger partial charge is 0.0661 e. The summed E-state index contributed by atoms with van der Waals surface area (Å²) < 4.78 is 5.88. The molecule has 1 aromatic carbocycles. The van der Waals surface area contributed by atoms with Gasteiger partial charge in [-0.2, -0.15) is 0 Å². The third kappa shape index (κ3) is 6.06. The molecule has 0 saturated carbocycles. The van der Waals surface area contributed by atoms with Crippen molar-refractivity contribution in [3.63, 3.8) is 0 Å². The van der Waals surface area contributed by atoms with E-state index < -0.39 is 0 Å². The van der Waals surface area contributed by atoms with Gasteiger partial charge in [0.25, 0.3) is 0 Å². The maximum Gasteiger partial charge on any atom is 0.0661 e. The quantitative estimate of drug-likeness (QED) is 0.633. The van der Waals surface area contributed by atoms with Gasteiger partial charge in [-0.15, -0.1) is 0 Å². The van der Waals surface area contributed by atoms with Gasteiger partial charge in [0.2, 0.25) is 0 Å². The molecule has 0 spiro atoms. The van der Waals surface area contributed by atoms with Crippen LogP contribution in [-0.2, 0) is 4.74 Å². The molecule has 0 bridgehead atoms. The number of aryl methyl sites for hydroxylation is 2. The van der Waals surface area contributed by atoms with E-state index >= 15 is 0 Å². The molecule has 114 valence electrons.